The first-order valence-corrected chi connectivity index (χ1v) is 11.6. The second-order valence-corrected chi connectivity index (χ2v) is 10.2. The maximum absolute atomic E-state index is 12.2. The standard InChI is InChI=1S/C18H23O6PS2/c1-5-24-25(4,21)18(26)27-12-14-6-8-15(9-7-14)17(20)23-11-10-22-16(19)13(2)3/h6-9H,2,5,10-12H2,1,3-4H3. The lowest BCUT2D eigenvalue weighted by molar-refractivity contribution is -0.140. The molecule has 1 rings (SSSR count). The molecule has 27 heavy (non-hydrogen) atoms. The average Bonchev–Trinajstić information content (AvgIpc) is 2.63. The van der Waals surface area contributed by atoms with Gasteiger partial charge in [-0.1, -0.05) is 30.9 Å². The van der Waals surface area contributed by atoms with Gasteiger partial charge >= 0.3 is 11.9 Å². The summed E-state index contributed by atoms with van der Waals surface area (Å²) < 4.78 is 27.6. The molecule has 0 heterocycles. The van der Waals surface area contributed by atoms with Crippen LogP contribution in [0.25, 0.3) is 0 Å². The van der Waals surface area contributed by atoms with Crippen molar-refractivity contribution in [3.05, 3.63) is 47.5 Å². The lowest BCUT2D eigenvalue weighted by Gasteiger charge is -2.13. The largest absolute Gasteiger partial charge is 0.459 e. The van der Waals surface area contributed by atoms with Gasteiger partial charge in [0.2, 0.25) is 7.37 Å². The van der Waals surface area contributed by atoms with E-state index in [9.17, 15) is 14.2 Å². The molecule has 0 bridgehead atoms. The third-order valence-corrected chi connectivity index (χ3v) is 8.03. The molecule has 0 aromatic heterocycles. The second kappa shape index (κ2) is 11.4. The van der Waals surface area contributed by atoms with Crippen molar-refractivity contribution >= 4 is 47.2 Å². The van der Waals surface area contributed by atoms with Crippen LogP contribution in [0.1, 0.15) is 29.8 Å². The Morgan fingerprint density at radius 3 is 2.33 bits per heavy atom. The van der Waals surface area contributed by atoms with Crippen molar-refractivity contribution in [2.45, 2.75) is 19.6 Å². The highest BCUT2D eigenvalue weighted by atomic mass is 32.2. The summed E-state index contributed by atoms with van der Waals surface area (Å²) in [5, 5.41) is 0. The molecule has 0 aliphatic heterocycles. The molecule has 9 heteroatoms. The van der Waals surface area contributed by atoms with Gasteiger partial charge in [0.05, 0.1) is 12.2 Å². The van der Waals surface area contributed by atoms with Crippen LogP contribution in [0.15, 0.2) is 36.4 Å². The van der Waals surface area contributed by atoms with E-state index in [0.717, 1.165) is 5.56 Å². The van der Waals surface area contributed by atoms with E-state index >= 15 is 0 Å². The fraction of sp³-hybridized carbons (Fsp3) is 0.389. The summed E-state index contributed by atoms with van der Waals surface area (Å²) in [5.74, 6) is -0.507. The first-order chi connectivity index (χ1) is 12.7. The Morgan fingerprint density at radius 2 is 1.78 bits per heavy atom. The van der Waals surface area contributed by atoms with Crippen molar-refractivity contribution in [1.82, 2.24) is 0 Å². The number of rotatable bonds is 10. The molecule has 0 fully saturated rings. The van der Waals surface area contributed by atoms with E-state index < -0.39 is 19.3 Å². The predicted molar refractivity (Wildman–Crippen MR) is 112 cm³/mol. The van der Waals surface area contributed by atoms with E-state index in [1.54, 1.807) is 31.2 Å². The van der Waals surface area contributed by atoms with Crippen molar-refractivity contribution in [3.8, 4) is 0 Å². The molecular formula is C18H23O6PS2. The lowest BCUT2D eigenvalue weighted by atomic mass is 10.1. The minimum absolute atomic E-state index is 0.0273. The Balaban J connectivity index is 2.45. The normalized spacial score (nSPS) is 12.7. The van der Waals surface area contributed by atoms with Crippen molar-refractivity contribution < 1.29 is 28.2 Å². The first-order valence-electron chi connectivity index (χ1n) is 8.15. The summed E-state index contributed by atoms with van der Waals surface area (Å²) in [6.07, 6.45) is 0. The van der Waals surface area contributed by atoms with Gasteiger partial charge in [-0.05, 0) is 31.5 Å². The molecule has 1 aromatic carbocycles. The summed E-state index contributed by atoms with van der Waals surface area (Å²) in [4.78, 5) is 23.1. The van der Waals surface area contributed by atoms with Gasteiger partial charge in [0, 0.05) is 18.0 Å². The number of thioether (sulfide) groups is 1. The van der Waals surface area contributed by atoms with Crippen LogP contribution >= 0.6 is 31.3 Å². The SMILES string of the molecule is C=C(C)C(=O)OCCOC(=O)c1ccc(CSC(=S)P(C)(=O)OCC)cc1. The van der Waals surface area contributed by atoms with Crippen LogP contribution in [0.4, 0.5) is 0 Å². The van der Waals surface area contributed by atoms with E-state index in [1.165, 1.54) is 25.4 Å². The maximum Gasteiger partial charge on any atom is 0.338 e. The predicted octanol–water partition coefficient (Wildman–Crippen LogP) is 4.43. The molecule has 0 radical (unpaired) electrons. The van der Waals surface area contributed by atoms with E-state index in [4.69, 9.17) is 26.2 Å². The van der Waals surface area contributed by atoms with Crippen LogP contribution in [0, 0.1) is 0 Å². The van der Waals surface area contributed by atoms with Gasteiger partial charge in [-0.15, -0.1) is 11.8 Å². The molecule has 0 saturated heterocycles. The molecule has 0 aliphatic rings. The number of carbonyl (C=O) groups excluding carboxylic acids is 2. The number of ether oxygens (including phenoxy) is 2. The highest BCUT2D eigenvalue weighted by molar-refractivity contribution is 8.35. The second-order valence-electron chi connectivity index (χ2n) is 5.57. The van der Waals surface area contributed by atoms with Gasteiger partial charge in [-0.2, -0.15) is 0 Å². The van der Waals surface area contributed by atoms with Gasteiger partial charge < -0.3 is 14.0 Å². The van der Waals surface area contributed by atoms with Crippen LogP contribution < -0.4 is 0 Å². The molecule has 1 atom stereocenters. The molecule has 0 amide bonds. The average molecular weight is 430 g/mol. The number of carbonyl (C=O) groups is 2. The summed E-state index contributed by atoms with van der Waals surface area (Å²) in [7, 11) is -2.90. The van der Waals surface area contributed by atoms with E-state index in [2.05, 4.69) is 6.58 Å². The minimum Gasteiger partial charge on any atom is -0.459 e. The monoisotopic (exact) mass is 430 g/mol. The molecule has 1 unspecified atom stereocenters. The zero-order valence-corrected chi connectivity index (χ0v) is 18.1. The van der Waals surface area contributed by atoms with Crippen LogP contribution in [-0.2, 0) is 29.1 Å². The Labute approximate surface area is 169 Å². The molecular weight excluding hydrogens is 407 g/mol. The maximum atomic E-state index is 12.2. The summed E-state index contributed by atoms with van der Waals surface area (Å²) in [6, 6.07) is 6.81. The quantitative estimate of drug-likeness (QED) is 0.177. The van der Waals surface area contributed by atoms with E-state index in [-0.39, 0.29) is 18.8 Å². The topological polar surface area (TPSA) is 78.9 Å². The van der Waals surface area contributed by atoms with Gasteiger partial charge in [0.15, 0.2) is 0 Å². The number of esters is 2. The smallest absolute Gasteiger partial charge is 0.338 e. The molecule has 0 N–H and O–H groups in total. The lowest BCUT2D eigenvalue weighted by Crippen LogP contribution is -2.14. The minimum atomic E-state index is -2.90. The van der Waals surface area contributed by atoms with Gasteiger partial charge in [-0.25, -0.2) is 9.59 Å². The number of hydrogen-bond donors (Lipinski definition) is 0. The van der Waals surface area contributed by atoms with Gasteiger partial charge in [0.25, 0.3) is 0 Å². The third kappa shape index (κ3) is 8.39. The van der Waals surface area contributed by atoms with Crippen LogP contribution in [0.5, 0.6) is 0 Å². The molecule has 148 valence electrons. The van der Waals surface area contributed by atoms with Crippen molar-refractivity contribution in [3.63, 3.8) is 0 Å². The van der Waals surface area contributed by atoms with Crippen molar-refractivity contribution in [2.75, 3.05) is 26.5 Å². The molecule has 6 nitrogen and oxygen atoms in total. The highest BCUT2D eigenvalue weighted by Crippen LogP contribution is 2.49. The van der Waals surface area contributed by atoms with Crippen LogP contribution in [-0.4, -0.2) is 42.4 Å². The first kappa shape index (κ1) is 23.6. The Bertz CT molecular complexity index is 745. The summed E-state index contributed by atoms with van der Waals surface area (Å²) in [6.45, 7) is 8.56. The summed E-state index contributed by atoms with van der Waals surface area (Å²) >= 11 is 6.46. The Kier molecular flexibility index (Phi) is 9.94. The van der Waals surface area contributed by atoms with Gasteiger partial charge in [0.1, 0.15) is 17.2 Å². The molecule has 0 saturated carbocycles. The zero-order chi connectivity index (χ0) is 20.4. The van der Waals surface area contributed by atoms with Crippen molar-refractivity contribution in [2.24, 2.45) is 0 Å². The van der Waals surface area contributed by atoms with E-state index in [0.29, 0.717) is 21.9 Å². The molecule has 1 aromatic rings. The Morgan fingerprint density at radius 1 is 1.19 bits per heavy atom. The number of thiocarbonyl (C=S) groups is 1. The molecule has 0 spiro atoms. The van der Waals surface area contributed by atoms with Crippen LogP contribution in [0.2, 0.25) is 0 Å². The summed E-state index contributed by atoms with van der Waals surface area (Å²) in [5.41, 5.74) is 1.59. The van der Waals surface area contributed by atoms with Crippen LogP contribution in [0.3, 0.4) is 0 Å². The zero-order valence-electron chi connectivity index (χ0n) is 15.6. The fourth-order valence-corrected chi connectivity index (χ4v) is 4.48. The fourth-order valence-electron chi connectivity index (χ4n) is 1.77. The highest BCUT2D eigenvalue weighted by Gasteiger charge is 2.22. The third-order valence-electron chi connectivity index (χ3n) is 3.16. The van der Waals surface area contributed by atoms with Crippen molar-refractivity contribution in [1.29, 1.82) is 0 Å². The number of benzene rings is 1. The Hall–Kier alpha value is -1.47. The van der Waals surface area contributed by atoms with Gasteiger partial charge in [-0.3, -0.25) is 4.57 Å². The van der Waals surface area contributed by atoms with E-state index in [1.807, 2.05) is 0 Å². The number of hydrogen-bond acceptors (Lipinski definition) is 8. The molecule has 0 aliphatic carbocycles.